The number of non-ortho nitro benzene ring substituents is 1. The zero-order chi connectivity index (χ0) is 17.8. The molecule has 1 aromatic heterocycles. The van der Waals surface area contributed by atoms with E-state index < -0.39 is 10.9 Å². The Labute approximate surface area is 144 Å². The predicted molar refractivity (Wildman–Crippen MR) is 91.8 cm³/mol. The molecule has 0 saturated carbocycles. The molecule has 0 bridgehead atoms. The zero-order valence-corrected chi connectivity index (χ0v) is 13.5. The first-order valence-electron chi connectivity index (χ1n) is 7.93. The molecule has 3 rings (SSSR count). The van der Waals surface area contributed by atoms with Crippen molar-refractivity contribution in [2.45, 2.75) is 6.54 Å². The Balaban J connectivity index is 1.60. The normalized spacial score (nSPS) is 15.1. The molecule has 0 atom stereocenters. The second-order valence-electron chi connectivity index (χ2n) is 5.87. The van der Waals surface area contributed by atoms with Gasteiger partial charge in [-0.05, 0) is 17.7 Å². The van der Waals surface area contributed by atoms with E-state index in [0.717, 1.165) is 18.7 Å². The average Bonchev–Trinajstić information content (AvgIpc) is 2.63. The van der Waals surface area contributed by atoms with Gasteiger partial charge in [-0.1, -0.05) is 12.1 Å². The van der Waals surface area contributed by atoms with E-state index >= 15 is 0 Å². The van der Waals surface area contributed by atoms with E-state index in [1.165, 1.54) is 12.1 Å². The van der Waals surface area contributed by atoms with Crippen LogP contribution in [0.3, 0.4) is 0 Å². The van der Waals surface area contributed by atoms with Crippen molar-refractivity contribution in [1.29, 1.82) is 0 Å². The van der Waals surface area contributed by atoms with Crippen molar-refractivity contribution in [2.75, 3.05) is 31.1 Å². The summed E-state index contributed by atoms with van der Waals surface area (Å²) in [7, 11) is 0. The molecule has 0 spiro atoms. The van der Waals surface area contributed by atoms with Crippen LogP contribution in [0, 0.1) is 10.1 Å². The fourth-order valence-electron chi connectivity index (χ4n) is 2.91. The summed E-state index contributed by atoms with van der Waals surface area (Å²) in [5.41, 5.74) is 1.32. The Bertz CT molecular complexity index is 770. The molecule has 8 nitrogen and oxygen atoms in total. The number of benzene rings is 1. The minimum absolute atomic E-state index is 0.0879. The Morgan fingerprint density at radius 3 is 2.44 bits per heavy atom. The van der Waals surface area contributed by atoms with Gasteiger partial charge in [0.25, 0.3) is 5.69 Å². The summed E-state index contributed by atoms with van der Waals surface area (Å²) in [4.78, 5) is 30.0. The number of nitrogens with zero attached hydrogens (tertiary/aromatic N) is 4. The topological polar surface area (TPSA) is 99.8 Å². The number of hydrogen-bond acceptors (Lipinski definition) is 6. The number of carboxylic acids is 1. The minimum Gasteiger partial charge on any atom is -0.478 e. The number of hydrogen-bond donors (Lipinski definition) is 1. The molecule has 0 aliphatic carbocycles. The van der Waals surface area contributed by atoms with Gasteiger partial charge in [0.15, 0.2) is 0 Å². The van der Waals surface area contributed by atoms with Crippen molar-refractivity contribution in [1.82, 2.24) is 9.88 Å². The van der Waals surface area contributed by atoms with E-state index in [1.807, 2.05) is 4.90 Å². The fourth-order valence-corrected chi connectivity index (χ4v) is 2.91. The van der Waals surface area contributed by atoms with E-state index in [0.29, 0.717) is 25.5 Å². The standard InChI is InChI=1S/C17H18N4O4/c22-17(23)15-2-1-7-18-16(15)20-10-8-19(9-11-20)12-13-3-5-14(6-4-13)21(24)25/h1-7H,8-12H2,(H,22,23). The molecule has 1 aromatic carbocycles. The van der Waals surface area contributed by atoms with Gasteiger partial charge in [0.05, 0.1) is 4.92 Å². The summed E-state index contributed by atoms with van der Waals surface area (Å²) in [6.07, 6.45) is 1.60. The van der Waals surface area contributed by atoms with Crippen molar-refractivity contribution in [3.8, 4) is 0 Å². The number of carbonyl (C=O) groups is 1. The van der Waals surface area contributed by atoms with E-state index in [4.69, 9.17) is 0 Å². The highest BCUT2D eigenvalue weighted by Gasteiger charge is 2.22. The number of aromatic carboxylic acids is 1. The first-order chi connectivity index (χ1) is 12.0. The van der Waals surface area contributed by atoms with Gasteiger partial charge in [-0.15, -0.1) is 0 Å². The number of rotatable bonds is 5. The van der Waals surface area contributed by atoms with Crippen LogP contribution in [0.4, 0.5) is 11.5 Å². The van der Waals surface area contributed by atoms with Crippen molar-refractivity contribution in [3.05, 3.63) is 63.8 Å². The first kappa shape index (κ1) is 16.8. The van der Waals surface area contributed by atoms with Gasteiger partial charge in [0, 0.05) is 51.1 Å². The molecule has 1 aliphatic heterocycles. The third kappa shape index (κ3) is 3.92. The second-order valence-corrected chi connectivity index (χ2v) is 5.87. The largest absolute Gasteiger partial charge is 0.478 e. The second kappa shape index (κ2) is 7.27. The number of nitro groups is 1. The monoisotopic (exact) mass is 342 g/mol. The quantitative estimate of drug-likeness (QED) is 0.655. The predicted octanol–water partition coefficient (Wildman–Crippen LogP) is 2.01. The first-order valence-corrected chi connectivity index (χ1v) is 7.93. The third-order valence-corrected chi connectivity index (χ3v) is 4.24. The molecule has 2 heterocycles. The van der Waals surface area contributed by atoms with Gasteiger partial charge in [0.2, 0.25) is 0 Å². The molecule has 25 heavy (non-hydrogen) atoms. The third-order valence-electron chi connectivity index (χ3n) is 4.24. The summed E-state index contributed by atoms with van der Waals surface area (Å²) < 4.78 is 0. The number of anilines is 1. The summed E-state index contributed by atoms with van der Waals surface area (Å²) in [5.74, 6) is -0.471. The smallest absolute Gasteiger partial charge is 0.339 e. The molecule has 1 aliphatic rings. The van der Waals surface area contributed by atoms with Crippen molar-refractivity contribution in [2.24, 2.45) is 0 Å². The summed E-state index contributed by atoms with van der Waals surface area (Å²) in [6, 6.07) is 9.75. The van der Waals surface area contributed by atoms with Crippen molar-refractivity contribution < 1.29 is 14.8 Å². The highest BCUT2D eigenvalue weighted by molar-refractivity contribution is 5.93. The lowest BCUT2D eigenvalue weighted by Gasteiger charge is -2.35. The lowest BCUT2D eigenvalue weighted by atomic mass is 10.1. The van der Waals surface area contributed by atoms with Crippen LogP contribution in [0.1, 0.15) is 15.9 Å². The van der Waals surface area contributed by atoms with Gasteiger partial charge in [0.1, 0.15) is 11.4 Å². The van der Waals surface area contributed by atoms with Gasteiger partial charge in [-0.2, -0.15) is 0 Å². The molecule has 1 N–H and O–H groups in total. The Morgan fingerprint density at radius 2 is 1.84 bits per heavy atom. The molecule has 8 heteroatoms. The van der Waals surface area contributed by atoms with E-state index in [9.17, 15) is 20.0 Å². The van der Waals surface area contributed by atoms with E-state index in [1.54, 1.807) is 30.5 Å². The number of aromatic nitrogens is 1. The van der Waals surface area contributed by atoms with Crippen molar-refractivity contribution >= 4 is 17.5 Å². The molecule has 2 aromatic rings. The SMILES string of the molecule is O=C(O)c1cccnc1N1CCN(Cc2ccc([N+](=O)[O-])cc2)CC1. The molecular formula is C17H18N4O4. The summed E-state index contributed by atoms with van der Waals surface area (Å²) >= 11 is 0. The zero-order valence-electron chi connectivity index (χ0n) is 13.5. The number of pyridine rings is 1. The average molecular weight is 342 g/mol. The number of piperazine rings is 1. The summed E-state index contributed by atoms with van der Waals surface area (Å²) in [5, 5.41) is 20.0. The maximum Gasteiger partial charge on any atom is 0.339 e. The Morgan fingerprint density at radius 1 is 1.16 bits per heavy atom. The highest BCUT2D eigenvalue weighted by atomic mass is 16.6. The van der Waals surface area contributed by atoms with Gasteiger partial charge in [-0.25, -0.2) is 9.78 Å². The van der Waals surface area contributed by atoms with Crippen LogP contribution in [0.5, 0.6) is 0 Å². The van der Waals surface area contributed by atoms with Crippen molar-refractivity contribution in [3.63, 3.8) is 0 Å². The lowest BCUT2D eigenvalue weighted by molar-refractivity contribution is -0.384. The van der Waals surface area contributed by atoms with Gasteiger partial charge < -0.3 is 10.0 Å². The Hall–Kier alpha value is -3.00. The molecular weight excluding hydrogens is 324 g/mol. The van der Waals surface area contributed by atoms with Gasteiger partial charge >= 0.3 is 5.97 Å². The lowest BCUT2D eigenvalue weighted by Crippen LogP contribution is -2.46. The molecule has 1 fully saturated rings. The molecule has 0 amide bonds. The molecule has 1 saturated heterocycles. The molecule has 130 valence electrons. The molecule has 0 radical (unpaired) electrons. The van der Waals surface area contributed by atoms with Gasteiger partial charge in [-0.3, -0.25) is 15.0 Å². The van der Waals surface area contributed by atoms with Crippen LogP contribution in [0.15, 0.2) is 42.6 Å². The number of carboxylic acid groups (broad SMARTS) is 1. The van der Waals surface area contributed by atoms with Crippen LogP contribution in [0.2, 0.25) is 0 Å². The van der Waals surface area contributed by atoms with Crippen LogP contribution in [-0.4, -0.2) is 52.1 Å². The number of nitro benzene ring substituents is 1. The maximum atomic E-state index is 11.3. The Kier molecular flexibility index (Phi) is 4.90. The van der Waals surface area contributed by atoms with Crippen LogP contribution >= 0.6 is 0 Å². The van der Waals surface area contributed by atoms with Crippen LogP contribution < -0.4 is 4.90 Å². The van der Waals surface area contributed by atoms with E-state index in [-0.39, 0.29) is 11.3 Å². The minimum atomic E-state index is -0.976. The summed E-state index contributed by atoms with van der Waals surface area (Å²) in [6.45, 7) is 3.62. The maximum absolute atomic E-state index is 11.3. The van der Waals surface area contributed by atoms with E-state index in [2.05, 4.69) is 9.88 Å². The van der Waals surface area contributed by atoms with Crippen LogP contribution in [0.25, 0.3) is 0 Å². The fraction of sp³-hybridized carbons (Fsp3) is 0.294. The highest BCUT2D eigenvalue weighted by Crippen LogP contribution is 2.20. The molecule has 0 unspecified atom stereocenters. The van der Waals surface area contributed by atoms with Crippen LogP contribution in [-0.2, 0) is 6.54 Å².